The Bertz CT molecular complexity index is 540. The lowest BCUT2D eigenvalue weighted by molar-refractivity contribution is 0.288. The fraction of sp³-hybridized carbons (Fsp3) is 0.308. The molecule has 17 heavy (non-hydrogen) atoms. The van der Waals surface area contributed by atoms with E-state index in [-0.39, 0.29) is 0 Å². The van der Waals surface area contributed by atoms with Crippen molar-refractivity contribution in [2.75, 3.05) is 12.3 Å². The van der Waals surface area contributed by atoms with E-state index >= 15 is 0 Å². The molecule has 0 atom stereocenters. The highest BCUT2D eigenvalue weighted by molar-refractivity contribution is 5.65. The van der Waals surface area contributed by atoms with E-state index in [0.29, 0.717) is 5.82 Å². The third-order valence-electron chi connectivity index (χ3n) is 3.13. The number of aryl methyl sites for hydroxylation is 2. The van der Waals surface area contributed by atoms with Gasteiger partial charge in [-0.15, -0.1) is 0 Å². The Morgan fingerprint density at radius 3 is 3.00 bits per heavy atom. The fourth-order valence-electron chi connectivity index (χ4n) is 2.12. The predicted molar refractivity (Wildman–Crippen MR) is 66.9 cm³/mol. The molecule has 2 aromatic rings. The molecule has 0 bridgehead atoms. The van der Waals surface area contributed by atoms with Gasteiger partial charge in [-0.25, -0.2) is 0 Å². The largest absolute Gasteiger partial charge is 0.493 e. The third-order valence-corrected chi connectivity index (χ3v) is 3.13. The summed E-state index contributed by atoms with van der Waals surface area (Å²) in [6.07, 6.45) is 2.20. The Morgan fingerprint density at radius 2 is 2.24 bits per heavy atom. The molecule has 2 N–H and O–H groups in total. The summed E-state index contributed by atoms with van der Waals surface area (Å²) in [5.74, 6) is 1.65. The smallest absolute Gasteiger partial charge is 0.123 e. The monoisotopic (exact) mass is 229 g/mol. The predicted octanol–water partition coefficient (Wildman–Crippen LogP) is 1.99. The molecule has 1 aliphatic rings. The Kier molecular flexibility index (Phi) is 2.28. The number of nitrogens with two attached hydrogens (primary N) is 1. The quantitative estimate of drug-likeness (QED) is 0.813. The van der Waals surface area contributed by atoms with Crippen LogP contribution >= 0.6 is 0 Å². The summed E-state index contributed by atoms with van der Waals surface area (Å²) in [6, 6.07) is 8.13. The van der Waals surface area contributed by atoms with E-state index in [1.165, 1.54) is 5.56 Å². The van der Waals surface area contributed by atoms with E-state index in [1.54, 1.807) is 4.68 Å². The first-order valence-electron chi connectivity index (χ1n) is 5.79. The molecule has 0 unspecified atom stereocenters. The Hall–Kier alpha value is -1.97. The first-order chi connectivity index (χ1) is 8.24. The lowest BCUT2D eigenvalue weighted by Crippen LogP contribution is -2.08. The molecular formula is C13H15N3O. The minimum absolute atomic E-state index is 0.665. The van der Waals surface area contributed by atoms with Gasteiger partial charge in [-0.2, -0.15) is 5.10 Å². The highest BCUT2D eigenvalue weighted by atomic mass is 16.5. The van der Waals surface area contributed by atoms with Crippen LogP contribution in [0.25, 0.3) is 11.3 Å². The van der Waals surface area contributed by atoms with Crippen LogP contribution < -0.4 is 10.5 Å². The molecule has 0 saturated carbocycles. The maximum absolute atomic E-state index is 5.78. The van der Waals surface area contributed by atoms with Crippen molar-refractivity contribution in [3.05, 3.63) is 29.8 Å². The zero-order valence-corrected chi connectivity index (χ0v) is 9.81. The fourth-order valence-corrected chi connectivity index (χ4v) is 2.12. The van der Waals surface area contributed by atoms with Crippen LogP contribution in [-0.4, -0.2) is 16.4 Å². The summed E-state index contributed by atoms with van der Waals surface area (Å²) in [5, 5.41) is 4.37. The van der Waals surface area contributed by atoms with Gasteiger partial charge < -0.3 is 10.5 Å². The third kappa shape index (κ3) is 1.75. The maximum Gasteiger partial charge on any atom is 0.123 e. The molecule has 0 fully saturated rings. The van der Waals surface area contributed by atoms with Crippen LogP contribution in [0.3, 0.4) is 0 Å². The summed E-state index contributed by atoms with van der Waals surface area (Å²) in [7, 11) is 1.84. The number of nitrogen functional groups attached to an aromatic ring is 1. The number of aromatic nitrogens is 2. The van der Waals surface area contributed by atoms with E-state index in [9.17, 15) is 0 Å². The van der Waals surface area contributed by atoms with Gasteiger partial charge in [0.1, 0.15) is 11.6 Å². The molecule has 0 aliphatic carbocycles. The van der Waals surface area contributed by atoms with Crippen LogP contribution in [0.4, 0.5) is 5.82 Å². The molecule has 0 radical (unpaired) electrons. The normalized spacial score (nSPS) is 14.2. The van der Waals surface area contributed by atoms with Gasteiger partial charge >= 0.3 is 0 Å². The summed E-state index contributed by atoms with van der Waals surface area (Å²) in [4.78, 5) is 0. The molecule has 0 amide bonds. The first-order valence-corrected chi connectivity index (χ1v) is 5.79. The average molecular weight is 229 g/mol. The molecule has 0 saturated heterocycles. The van der Waals surface area contributed by atoms with Crippen molar-refractivity contribution in [2.45, 2.75) is 12.8 Å². The van der Waals surface area contributed by atoms with Gasteiger partial charge in [0.15, 0.2) is 0 Å². The lowest BCUT2D eigenvalue weighted by atomic mass is 10.0. The van der Waals surface area contributed by atoms with Crippen LogP contribution in [0, 0.1) is 0 Å². The van der Waals surface area contributed by atoms with Gasteiger partial charge in [0.05, 0.1) is 12.3 Å². The first kappa shape index (κ1) is 10.2. The van der Waals surface area contributed by atoms with Crippen molar-refractivity contribution in [1.82, 2.24) is 9.78 Å². The second-order valence-electron chi connectivity index (χ2n) is 4.35. The second-order valence-corrected chi connectivity index (χ2v) is 4.35. The summed E-state index contributed by atoms with van der Waals surface area (Å²) in [5.41, 5.74) is 9.01. The van der Waals surface area contributed by atoms with Gasteiger partial charge in [0, 0.05) is 18.7 Å². The molecule has 88 valence electrons. The van der Waals surface area contributed by atoms with Gasteiger partial charge in [0.2, 0.25) is 0 Å². The zero-order chi connectivity index (χ0) is 11.8. The maximum atomic E-state index is 5.78. The number of nitrogens with zero attached hydrogens (tertiary/aromatic N) is 2. The molecule has 1 aliphatic heterocycles. The number of fused-ring (bicyclic) bond motifs is 1. The van der Waals surface area contributed by atoms with Crippen LogP contribution in [0.5, 0.6) is 5.75 Å². The summed E-state index contributed by atoms with van der Waals surface area (Å²) >= 11 is 0. The molecular weight excluding hydrogens is 214 g/mol. The van der Waals surface area contributed by atoms with Gasteiger partial charge in [-0.1, -0.05) is 12.1 Å². The number of benzene rings is 1. The van der Waals surface area contributed by atoms with E-state index in [4.69, 9.17) is 10.5 Å². The zero-order valence-electron chi connectivity index (χ0n) is 9.81. The number of anilines is 1. The highest BCUT2D eigenvalue weighted by Crippen LogP contribution is 2.30. The summed E-state index contributed by atoms with van der Waals surface area (Å²) in [6.45, 7) is 0.806. The van der Waals surface area contributed by atoms with Crippen molar-refractivity contribution >= 4 is 5.82 Å². The molecule has 1 aromatic heterocycles. The number of hydrogen-bond donors (Lipinski definition) is 1. The minimum atomic E-state index is 0.665. The Balaban J connectivity index is 2.03. The average Bonchev–Trinajstić information content (AvgIpc) is 2.69. The topological polar surface area (TPSA) is 53.1 Å². The van der Waals surface area contributed by atoms with E-state index in [0.717, 1.165) is 36.5 Å². The van der Waals surface area contributed by atoms with Crippen molar-refractivity contribution in [2.24, 2.45) is 7.05 Å². The second kappa shape index (κ2) is 3.80. The highest BCUT2D eigenvalue weighted by Gasteiger charge is 2.12. The Morgan fingerprint density at radius 1 is 1.35 bits per heavy atom. The van der Waals surface area contributed by atoms with Gasteiger partial charge in [-0.3, -0.25) is 4.68 Å². The van der Waals surface area contributed by atoms with Crippen molar-refractivity contribution in [1.29, 1.82) is 0 Å². The van der Waals surface area contributed by atoms with E-state index in [2.05, 4.69) is 23.3 Å². The molecule has 3 rings (SSSR count). The van der Waals surface area contributed by atoms with Crippen LogP contribution in [0.15, 0.2) is 24.3 Å². The number of ether oxygens (including phenoxy) is 1. The van der Waals surface area contributed by atoms with Crippen LogP contribution in [0.1, 0.15) is 12.0 Å². The van der Waals surface area contributed by atoms with Crippen molar-refractivity contribution in [3.63, 3.8) is 0 Å². The standard InChI is InChI=1S/C13H15N3O/c1-16-13(14)8-11(15-16)10-5-4-9-3-2-6-17-12(9)7-10/h4-5,7-8H,2-3,6,14H2,1H3. The molecule has 0 spiro atoms. The molecule has 2 heterocycles. The van der Waals surface area contributed by atoms with Gasteiger partial charge in [0.25, 0.3) is 0 Å². The van der Waals surface area contributed by atoms with E-state index < -0.39 is 0 Å². The van der Waals surface area contributed by atoms with Crippen molar-refractivity contribution < 1.29 is 4.74 Å². The molecule has 1 aromatic carbocycles. The molecule has 4 nitrogen and oxygen atoms in total. The van der Waals surface area contributed by atoms with E-state index in [1.807, 2.05) is 13.1 Å². The lowest BCUT2D eigenvalue weighted by Gasteiger charge is -2.17. The van der Waals surface area contributed by atoms with Crippen LogP contribution in [0.2, 0.25) is 0 Å². The SMILES string of the molecule is Cn1nc(-c2ccc3c(c2)OCCC3)cc1N. The van der Waals surface area contributed by atoms with Crippen LogP contribution in [-0.2, 0) is 13.5 Å². The van der Waals surface area contributed by atoms with Crippen molar-refractivity contribution in [3.8, 4) is 17.0 Å². The molecule has 4 heteroatoms. The Labute approximate surface area is 100 Å². The number of hydrogen-bond acceptors (Lipinski definition) is 3. The number of rotatable bonds is 1. The minimum Gasteiger partial charge on any atom is -0.493 e. The summed E-state index contributed by atoms with van der Waals surface area (Å²) < 4.78 is 7.33. The van der Waals surface area contributed by atoms with Gasteiger partial charge in [-0.05, 0) is 24.5 Å².